The third-order valence-electron chi connectivity index (χ3n) is 2.33. The zero-order chi connectivity index (χ0) is 14.0. The molecule has 2 rings (SSSR count). The van der Waals surface area contributed by atoms with Gasteiger partial charge in [0.1, 0.15) is 0 Å². The number of anilines is 2. The Morgan fingerprint density at radius 2 is 2.00 bits per heavy atom. The number of thiazole rings is 1. The van der Waals surface area contributed by atoms with E-state index in [0.29, 0.717) is 10.8 Å². The van der Waals surface area contributed by atoms with Gasteiger partial charge < -0.3 is 10.2 Å². The molecule has 7 heteroatoms. The number of nitrogens with one attached hydrogen (secondary N) is 2. The summed E-state index contributed by atoms with van der Waals surface area (Å²) in [7, 11) is 3.33. The van der Waals surface area contributed by atoms with Crippen molar-refractivity contribution in [3.63, 3.8) is 0 Å². The molecule has 100 valence electrons. The summed E-state index contributed by atoms with van der Waals surface area (Å²) in [4.78, 5) is 28.3. The molecule has 0 bridgehead atoms. The number of urea groups is 1. The smallest absolute Gasteiger partial charge is 0.323 e. The van der Waals surface area contributed by atoms with Crippen LogP contribution in [0.4, 0.5) is 15.6 Å². The molecular formula is C12H14N4O2S. The second-order valence-electron chi connectivity index (χ2n) is 4.21. The van der Waals surface area contributed by atoms with Crippen LogP contribution in [-0.2, 0) is 4.79 Å². The van der Waals surface area contributed by atoms with E-state index in [9.17, 15) is 9.59 Å². The number of aromatic nitrogens is 1. The summed E-state index contributed by atoms with van der Waals surface area (Å²) < 4.78 is 0.903. The molecule has 0 aliphatic carbocycles. The summed E-state index contributed by atoms with van der Waals surface area (Å²) >= 11 is 1.36. The SMILES string of the molecule is CC(=O)Nc1ccc2nc(NC(=O)N(C)C)sc2c1. The summed E-state index contributed by atoms with van der Waals surface area (Å²) in [6, 6.07) is 5.20. The van der Waals surface area contributed by atoms with E-state index in [4.69, 9.17) is 0 Å². The van der Waals surface area contributed by atoms with Gasteiger partial charge in [0.15, 0.2) is 5.13 Å². The minimum absolute atomic E-state index is 0.120. The van der Waals surface area contributed by atoms with Crippen LogP contribution in [0.25, 0.3) is 10.2 Å². The van der Waals surface area contributed by atoms with Gasteiger partial charge in [-0.2, -0.15) is 0 Å². The Hall–Kier alpha value is -2.15. The van der Waals surface area contributed by atoms with Crippen LogP contribution in [0.5, 0.6) is 0 Å². The second kappa shape index (κ2) is 5.23. The molecule has 0 aliphatic rings. The van der Waals surface area contributed by atoms with Gasteiger partial charge in [0.25, 0.3) is 0 Å². The first-order valence-corrected chi connectivity index (χ1v) is 6.44. The number of fused-ring (bicyclic) bond motifs is 1. The molecule has 2 aromatic rings. The second-order valence-corrected chi connectivity index (χ2v) is 5.24. The Labute approximate surface area is 114 Å². The summed E-state index contributed by atoms with van der Waals surface area (Å²) in [5.74, 6) is -0.120. The first-order valence-electron chi connectivity index (χ1n) is 5.62. The third-order valence-corrected chi connectivity index (χ3v) is 3.26. The molecule has 0 atom stereocenters. The summed E-state index contributed by atoms with van der Waals surface area (Å²) in [6.07, 6.45) is 0. The Bertz CT molecular complexity index is 636. The lowest BCUT2D eigenvalue weighted by atomic mass is 10.3. The molecular weight excluding hydrogens is 264 g/mol. The molecule has 0 fully saturated rings. The number of rotatable bonds is 2. The van der Waals surface area contributed by atoms with Gasteiger partial charge in [0, 0.05) is 26.7 Å². The van der Waals surface area contributed by atoms with Crippen LogP contribution in [0.2, 0.25) is 0 Å². The van der Waals surface area contributed by atoms with Crippen molar-refractivity contribution in [3.8, 4) is 0 Å². The van der Waals surface area contributed by atoms with Crippen molar-refractivity contribution in [3.05, 3.63) is 18.2 Å². The van der Waals surface area contributed by atoms with Gasteiger partial charge in [-0.15, -0.1) is 0 Å². The van der Waals surface area contributed by atoms with E-state index < -0.39 is 0 Å². The predicted octanol–water partition coefficient (Wildman–Crippen LogP) is 2.35. The number of hydrogen-bond acceptors (Lipinski definition) is 4. The summed E-state index contributed by atoms with van der Waals surface area (Å²) in [5, 5.41) is 5.94. The molecule has 1 heterocycles. The summed E-state index contributed by atoms with van der Waals surface area (Å²) in [5.41, 5.74) is 1.50. The van der Waals surface area contributed by atoms with E-state index in [2.05, 4.69) is 15.6 Å². The molecule has 0 radical (unpaired) electrons. The van der Waals surface area contributed by atoms with Gasteiger partial charge >= 0.3 is 6.03 Å². The lowest BCUT2D eigenvalue weighted by Crippen LogP contribution is -2.27. The monoisotopic (exact) mass is 278 g/mol. The topological polar surface area (TPSA) is 74.3 Å². The average molecular weight is 278 g/mol. The molecule has 0 unspecified atom stereocenters. The normalized spacial score (nSPS) is 10.3. The van der Waals surface area contributed by atoms with E-state index in [1.165, 1.54) is 23.2 Å². The van der Waals surface area contributed by atoms with Crippen molar-refractivity contribution in [2.75, 3.05) is 24.7 Å². The lowest BCUT2D eigenvalue weighted by molar-refractivity contribution is -0.114. The Morgan fingerprint density at radius 3 is 2.63 bits per heavy atom. The first-order chi connectivity index (χ1) is 8.95. The Morgan fingerprint density at radius 1 is 1.26 bits per heavy atom. The van der Waals surface area contributed by atoms with Crippen LogP contribution >= 0.6 is 11.3 Å². The molecule has 1 aromatic heterocycles. The molecule has 2 N–H and O–H groups in total. The van der Waals surface area contributed by atoms with Crippen molar-refractivity contribution in [2.45, 2.75) is 6.92 Å². The van der Waals surface area contributed by atoms with Gasteiger partial charge in [-0.05, 0) is 18.2 Å². The van der Waals surface area contributed by atoms with Crippen LogP contribution < -0.4 is 10.6 Å². The summed E-state index contributed by atoms with van der Waals surface area (Å²) in [6.45, 7) is 1.46. The highest BCUT2D eigenvalue weighted by Gasteiger charge is 2.09. The molecule has 6 nitrogen and oxygen atoms in total. The van der Waals surface area contributed by atoms with E-state index in [1.54, 1.807) is 20.2 Å². The van der Waals surface area contributed by atoms with Gasteiger partial charge in [-0.25, -0.2) is 9.78 Å². The minimum atomic E-state index is -0.221. The maximum absolute atomic E-state index is 11.5. The van der Waals surface area contributed by atoms with Crippen molar-refractivity contribution >= 4 is 44.3 Å². The van der Waals surface area contributed by atoms with E-state index >= 15 is 0 Å². The largest absolute Gasteiger partial charge is 0.331 e. The number of benzene rings is 1. The molecule has 1 aromatic carbocycles. The number of hydrogen-bond donors (Lipinski definition) is 2. The molecule has 0 aliphatic heterocycles. The van der Waals surface area contributed by atoms with Crippen molar-refractivity contribution < 1.29 is 9.59 Å². The first kappa shape index (κ1) is 13.3. The zero-order valence-electron chi connectivity index (χ0n) is 10.9. The lowest BCUT2D eigenvalue weighted by Gasteiger charge is -2.08. The van der Waals surface area contributed by atoms with Crippen molar-refractivity contribution in [1.82, 2.24) is 9.88 Å². The molecule has 0 saturated carbocycles. The van der Waals surface area contributed by atoms with Crippen LogP contribution in [0.1, 0.15) is 6.92 Å². The number of amides is 3. The Kier molecular flexibility index (Phi) is 3.66. The number of carbonyl (C=O) groups is 2. The zero-order valence-corrected chi connectivity index (χ0v) is 11.7. The highest BCUT2D eigenvalue weighted by molar-refractivity contribution is 7.22. The van der Waals surface area contributed by atoms with E-state index in [0.717, 1.165) is 10.2 Å². The number of carbonyl (C=O) groups excluding carboxylic acids is 2. The fourth-order valence-electron chi connectivity index (χ4n) is 1.46. The van der Waals surface area contributed by atoms with Crippen LogP contribution in [-0.4, -0.2) is 35.9 Å². The van der Waals surface area contributed by atoms with Crippen LogP contribution in [0, 0.1) is 0 Å². The van der Waals surface area contributed by atoms with Gasteiger partial charge in [0.05, 0.1) is 10.2 Å². The fraction of sp³-hybridized carbons (Fsp3) is 0.250. The highest BCUT2D eigenvalue weighted by atomic mass is 32.1. The van der Waals surface area contributed by atoms with Crippen molar-refractivity contribution in [2.24, 2.45) is 0 Å². The van der Waals surface area contributed by atoms with Crippen molar-refractivity contribution in [1.29, 1.82) is 0 Å². The molecule has 19 heavy (non-hydrogen) atoms. The third kappa shape index (κ3) is 3.19. The van der Waals surface area contributed by atoms with Gasteiger partial charge in [-0.3, -0.25) is 10.1 Å². The maximum Gasteiger partial charge on any atom is 0.323 e. The van der Waals surface area contributed by atoms with E-state index in [1.807, 2.05) is 12.1 Å². The average Bonchev–Trinajstić information content (AvgIpc) is 2.69. The van der Waals surface area contributed by atoms with Crippen LogP contribution in [0.15, 0.2) is 18.2 Å². The highest BCUT2D eigenvalue weighted by Crippen LogP contribution is 2.28. The number of nitrogens with zero attached hydrogens (tertiary/aromatic N) is 2. The fourth-order valence-corrected chi connectivity index (χ4v) is 2.36. The maximum atomic E-state index is 11.5. The van der Waals surface area contributed by atoms with Gasteiger partial charge in [-0.1, -0.05) is 11.3 Å². The molecule has 0 spiro atoms. The molecule has 0 saturated heterocycles. The minimum Gasteiger partial charge on any atom is -0.331 e. The van der Waals surface area contributed by atoms with Gasteiger partial charge in [0.2, 0.25) is 5.91 Å². The van der Waals surface area contributed by atoms with E-state index in [-0.39, 0.29) is 11.9 Å². The van der Waals surface area contributed by atoms with Crippen LogP contribution in [0.3, 0.4) is 0 Å². The quantitative estimate of drug-likeness (QED) is 0.885. The molecule has 3 amide bonds. The standard InChI is InChI=1S/C12H14N4O2S/c1-7(17)13-8-4-5-9-10(6-8)19-11(14-9)15-12(18)16(2)3/h4-6H,1-3H3,(H,13,17)(H,14,15,18). The predicted molar refractivity (Wildman–Crippen MR) is 76.6 cm³/mol. The Balaban J connectivity index is 2.25.